The standard InChI is InChI=1S/C9H9FN2O4/c10-6-3-12(9(15)11-8(6)14)7-2-1-5(4-13)16-7/h3-5,7H,1-2H2,(H,11,14,15). The summed E-state index contributed by atoms with van der Waals surface area (Å²) in [6, 6.07) is 0. The van der Waals surface area contributed by atoms with E-state index in [2.05, 4.69) is 0 Å². The summed E-state index contributed by atoms with van der Waals surface area (Å²) < 4.78 is 19.1. The van der Waals surface area contributed by atoms with Gasteiger partial charge in [-0.1, -0.05) is 0 Å². The first-order chi connectivity index (χ1) is 7.61. The topological polar surface area (TPSA) is 81.2 Å². The number of rotatable bonds is 2. The predicted molar refractivity (Wildman–Crippen MR) is 50.5 cm³/mol. The zero-order valence-electron chi connectivity index (χ0n) is 8.18. The Balaban J connectivity index is 2.35. The summed E-state index contributed by atoms with van der Waals surface area (Å²) in [6.07, 6.45) is 1.04. The van der Waals surface area contributed by atoms with Crippen LogP contribution in [0, 0.1) is 5.82 Å². The van der Waals surface area contributed by atoms with E-state index < -0.39 is 29.4 Å². The largest absolute Gasteiger partial charge is 0.347 e. The zero-order valence-corrected chi connectivity index (χ0v) is 8.18. The number of carbonyl (C=O) groups excluding carboxylic acids is 1. The summed E-state index contributed by atoms with van der Waals surface area (Å²) in [5, 5.41) is 0. The molecular formula is C9H9FN2O4. The molecule has 0 saturated carbocycles. The number of aromatic nitrogens is 2. The summed E-state index contributed by atoms with van der Waals surface area (Å²) in [7, 11) is 0. The monoisotopic (exact) mass is 228 g/mol. The molecule has 0 spiro atoms. The van der Waals surface area contributed by atoms with Crippen LogP contribution in [0.4, 0.5) is 4.39 Å². The molecule has 1 aromatic heterocycles. The normalized spacial score (nSPS) is 24.6. The lowest BCUT2D eigenvalue weighted by Gasteiger charge is -2.12. The maximum atomic E-state index is 13.0. The van der Waals surface area contributed by atoms with E-state index in [9.17, 15) is 18.8 Å². The first-order valence-electron chi connectivity index (χ1n) is 4.73. The molecule has 1 aliphatic rings. The zero-order chi connectivity index (χ0) is 11.7. The van der Waals surface area contributed by atoms with Gasteiger partial charge < -0.3 is 9.53 Å². The number of hydrogen-bond donors (Lipinski definition) is 1. The van der Waals surface area contributed by atoms with Crippen LogP contribution in [0.3, 0.4) is 0 Å². The molecule has 2 heterocycles. The second kappa shape index (κ2) is 4.01. The highest BCUT2D eigenvalue weighted by molar-refractivity contribution is 5.56. The van der Waals surface area contributed by atoms with Crippen molar-refractivity contribution < 1.29 is 13.9 Å². The molecule has 1 fully saturated rings. The maximum absolute atomic E-state index is 13.0. The van der Waals surface area contributed by atoms with Gasteiger partial charge in [0.1, 0.15) is 18.6 Å². The van der Waals surface area contributed by atoms with Crippen LogP contribution < -0.4 is 11.2 Å². The lowest BCUT2D eigenvalue weighted by molar-refractivity contribution is -0.119. The van der Waals surface area contributed by atoms with Gasteiger partial charge in [-0.05, 0) is 12.8 Å². The number of halogens is 1. The van der Waals surface area contributed by atoms with E-state index in [0.717, 1.165) is 10.8 Å². The van der Waals surface area contributed by atoms with E-state index in [1.54, 1.807) is 0 Å². The van der Waals surface area contributed by atoms with Crippen molar-refractivity contribution in [3.05, 3.63) is 32.9 Å². The number of aromatic amines is 1. The third-order valence-corrected chi connectivity index (χ3v) is 2.42. The van der Waals surface area contributed by atoms with Crippen LogP contribution in [0.2, 0.25) is 0 Å². The molecule has 2 atom stereocenters. The Morgan fingerprint density at radius 3 is 2.88 bits per heavy atom. The second-order valence-electron chi connectivity index (χ2n) is 3.49. The van der Waals surface area contributed by atoms with Gasteiger partial charge >= 0.3 is 5.69 Å². The lowest BCUT2D eigenvalue weighted by atomic mass is 10.2. The van der Waals surface area contributed by atoms with Crippen LogP contribution in [0.1, 0.15) is 19.1 Å². The molecule has 16 heavy (non-hydrogen) atoms. The molecule has 1 aromatic rings. The van der Waals surface area contributed by atoms with Crippen molar-refractivity contribution in [2.45, 2.75) is 25.2 Å². The van der Waals surface area contributed by atoms with Gasteiger partial charge in [-0.25, -0.2) is 4.79 Å². The Hall–Kier alpha value is -1.76. The molecule has 7 heteroatoms. The minimum Gasteiger partial charge on any atom is -0.347 e. The van der Waals surface area contributed by atoms with E-state index >= 15 is 0 Å². The highest BCUT2D eigenvalue weighted by Crippen LogP contribution is 2.25. The van der Waals surface area contributed by atoms with Crippen LogP contribution in [0.5, 0.6) is 0 Å². The Bertz CT molecular complexity index is 521. The second-order valence-corrected chi connectivity index (χ2v) is 3.49. The molecule has 2 rings (SSSR count). The molecule has 0 bridgehead atoms. The van der Waals surface area contributed by atoms with Crippen molar-refractivity contribution in [1.82, 2.24) is 9.55 Å². The van der Waals surface area contributed by atoms with Crippen LogP contribution >= 0.6 is 0 Å². The number of nitrogens with one attached hydrogen (secondary N) is 1. The van der Waals surface area contributed by atoms with Crippen molar-refractivity contribution >= 4 is 6.29 Å². The number of hydrogen-bond acceptors (Lipinski definition) is 4. The summed E-state index contributed by atoms with van der Waals surface area (Å²) in [5.74, 6) is -1.06. The van der Waals surface area contributed by atoms with Gasteiger partial charge in [0, 0.05) is 0 Å². The van der Waals surface area contributed by atoms with Crippen molar-refractivity contribution in [1.29, 1.82) is 0 Å². The SMILES string of the molecule is O=CC1CCC(n2cc(F)c(=O)[nH]c2=O)O1. The Morgan fingerprint density at radius 2 is 2.25 bits per heavy atom. The van der Waals surface area contributed by atoms with E-state index in [1.807, 2.05) is 4.98 Å². The van der Waals surface area contributed by atoms with Gasteiger partial charge in [0.2, 0.25) is 5.82 Å². The molecule has 0 aromatic carbocycles. The molecular weight excluding hydrogens is 219 g/mol. The van der Waals surface area contributed by atoms with Crippen LogP contribution in [-0.4, -0.2) is 21.9 Å². The molecule has 0 aliphatic carbocycles. The fraction of sp³-hybridized carbons (Fsp3) is 0.444. The summed E-state index contributed by atoms with van der Waals surface area (Å²) >= 11 is 0. The van der Waals surface area contributed by atoms with Gasteiger partial charge in [-0.3, -0.25) is 14.3 Å². The predicted octanol–water partition coefficient (Wildman–Crippen LogP) is -0.448. The number of nitrogens with zero attached hydrogens (tertiary/aromatic N) is 1. The van der Waals surface area contributed by atoms with Crippen LogP contribution in [-0.2, 0) is 9.53 Å². The minimum absolute atomic E-state index is 0.425. The number of carbonyl (C=O) groups is 1. The van der Waals surface area contributed by atoms with E-state index in [-0.39, 0.29) is 0 Å². The third kappa shape index (κ3) is 1.81. The van der Waals surface area contributed by atoms with Crippen LogP contribution in [0.25, 0.3) is 0 Å². The maximum Gasteiger partial charge on any atom is 0.330 e. The Labute approximate surface area is 88.7 Å². The molecule has 2 unspecified atom stereocenters. The van der Waals surface area contributed by atoms with E-state index in [0.29, 0.717) is 19.1 Å². The van der Waals surface area contributed by atoms with Crippen molar-refractivity contribution in [3.8, 4) is 0 Å². The smallest absolute Gasteiger partial charge is 0.330 e. The Morgan fingerprint density at radius 1 is 1.50 bits per heavy atom. The van der Waals surface area contributed by atoms with Crippen molar-refractivity contribution in [2.75, 3.05) is 0 Å². The van der Waals surface area contributed by atoms with E-state index in [1.165, 1.54) is 0 Å². The summed E-state index contributed by atoms with van der Waals surface area (Å²) in [6.45, 7) is 0. The molecule has 0 amide bonds. The van der Waals surface area contributed by atoms with E-state index in [4.69, 9.17) is 4.74 Å². The number of H-pyrrole nitrogens is 1. The summed E-state index contributed by atoms with van der Waals surface area (Å²) in [4.78, 5) is 34.4. The lowest BCUT2D eigenvalue weighted by Crippen LogP contribution is -2.33. The first-order valence-corrected chi connectivity index (χ1v) is 4.73. The molecule has 0 radical (unpaired) electrons. The molecule has 1 N–H and O–H groups in total. The van der Waals surface area contributed by atoms with Crippen LogP contribution in [0.15, 0.2) is 15.8 Å². The van der Waals surface area contributed by atoms with Gasteiger partial charge in [0.15, 0.2) is 0 Å². The van der Waals surface area contributed by atoms with Crippen molar-refractivity contribution in [3.63, 3.8) is 0 Å². The fourth-order valence-electron chi connectivity index (χ4n) is 1.62. The highest BCUT2D eigenvalue weighted by Gasteiger charge is 2.27. The van der Waals surface area contributed by atoms with Gasteiger partial charge in [0.25, 0.3) is 5.56 Å². The fourth-order valence-corrected chi connectivity index (χ4v) is 1.62. The van der Waals surface area contributed by atoms with Crippen molar-refractivity contribution in [2.24, 2.45) is 0 Å². The van der Waals surface area contributed by atoms with Gasteiger partial charge in [0.05, 0.1) is 6.20 Å². The summed E-state index contributed by atoms with van der Waals surface area (Å²) in [5.41, 5.74) is -1.81. The van der Waals surface area contributed by atoms with Gasteiger partial charge in [-0.15, -0.1) is 0 Å². The first kappa shape index (κ1) is 10.7. The molecule has 1 aliphatic heterocycles. The third-order valence-electron chi connectivity index (χ3n) is 2.42. The quantitative estimate of drug-likeness (QED) is 0.695. The molecule has 86 valence electrons. The van der Waals surface area contributed by atoms with Gasteiger partial charge in [-0.2, -0.15) is 4.39 Å². The average Bonchev–Trinajstić information content (AvgIpc) is 2.71. The number of aldehydes is 1. The minimum atomic E-state index is -1.06. The molecule has 6 nitrogen and oxygen atoms in total. The number of ether oxygens (including phenoxy) is 1. The average molecular weight is 228 g/mol. The highest BCUT2D eigenvalue weighted by atomic mass is 19.1. The molecule has 1 saturated heterocycles. The Kier molecular flexibility index (Phi) is 2.69.